The highest BCUT2D eigenvalue weighted by Gasteiger charge is 2.30. The summed E-state index contributed by atoms with van der Waals surface area (Å²) in [4.78, 5) is 17.1. The molecule has 150 valence electrons. The van der Waals surface area contributed by atoms with Crippen molar-refractivity contribution in [2.45, 2.75) is 38.8 Å². The summed E-state index contributed by atoms with van der Waals surface area (Å²) in [5, 5.41) is 0. The Balaban J connectivity index is 0.00000312. The molecule has 0 bridgehead atoms. The summed E-state index contributed by atoms with van der Waals surface area (Å²) in [6.07, 6.45) is 1.63. The van der Waals surface area contributed by atoms with Crippen LogP contribution in [0.3, 0.4) is 0 Å². The van der Waals surface area contributed by atoms with E-state index in [0.717, 1.165) is 51.4 Å². The van der Waals surface area contributed by atoms with E-state index in [4.69, 9.17) is 10.5 Å². The Labute approximate surface area is 170 Å². The molecule has 1 fully saturated rings. The summed E-state index contributed by atoms with van der Waals surface area (Å²) >= 11 is 0. The van der Waals surface area contributed by atoms with E-state index < -0.39 is 6.04 Å². The van der Waals surface area contributed by atoms with Crippen LogP contribution in [0.5, 0.6) is 0 Å². The van der Waals surface area contributed by atoms with Gasteiger partial charge in [0.1, 0.15) is 0 Å². The maximum atomic E-state index is 12.7. The van der Waals surface area contributed by atoms with Crippen molar-refractivity contribution in [2.24, 2.45) is 5.73 Å². The van der Waals surface area contributed by atoms with E-state index in [1.807, 2.05) is 42.2 Å². The van der Waals surface area contributed by atoms with Crippen molar-refractivity contribution in [3.05, 3.63) is 35.9 Å². The normalized spacial score (nSPS) is 18.6. The minimum atomic E-state index is -0.458. The Kier molecular flexibility index (Phi) is 12.9. The second-order valence-electron chi connectivity index (χ2n) is 6.38. The van der Waals surface area contributed by atoms with Crippen LogP contribution in [0.4, 0.5) is 0 Å². The number of piperazine rings is 1. The maximum absolute atomic E-state index is 12.7. The molecule has 1 aliphatic heterocycles. The number of hydrogen-bond acceptors (Lipinski definition) is 4. The molecule has 26 heavy (non-hydrogen) atoms. The number of halogens is 2. The van der Waals surface area contributed by atoms with Gasteiger partial charge in [-0.1, -0.05) is 37.3 Å². The molecule has 2 rings (SSSR count). The molecule has 5 nitrogen and oxygen atoms in total. The molecular formula is C19H33Cl2N3O2. The maximum Gasteiger partial charge on any atom is 0.239 e. The smallest absolute Gasteiger partial charge is 0.239 e. The Morgan fingerprint density at radius 3 is 2.54 bits per heavy atom. The average Bonchev–Trinajstić information content (AvgIpc) is 2.62. The molecule has 1 saturated heterocycles. The summed E-state index contributed by atoms with van der Waals surface area (Å²) in [7, 11) is 0. The van der Waals surface area contributed by atoms with E-state index >= 15 is 0 Å². The van der Waals surface area contributed by atoms with Gasteiger partial charge in [0.05, 0.1) is 12.6 Å². The van der Waals surface area contributed by atoms with E-state index in [1.165, 1.54) is 0 Å². The second-order valence-corrected chi connectivity index (χ2v) is 6.38. The van der Waals surface area contributed by atoms with Gasteiger partial charge in [-0.3, -0.25) is 9.69 Å². The van der Waals surface area contributed by atoms with Crippen LogP contribution in [-0.4, -0.2) is 67.2 Å². The van der Waals surface area contributed by atoms with Crippen molar-refractivity contribution in [3.8, 4) is 0 Å². The first-order valence-electron chi connectivity index (χ1n) is 9.05. The SMILES string of the molecule is CCOCCN1CCN(C(=O)C(N)Cc2ccccc2)CC1CC.Cl.Cl. The topological polar surface area (TPSA) is 58.8 Å². The average molecular weight is 406 g/mol. The zero-order chi connectivity index (χ0) is 17.4. The summed E-state index contributed by atoms with van der Waals surface area (Å²) in [5.74, 6) is 0.0711. The van der Waals surface area contributed by atoms with Crippen LogP contribution in [0.2, 0.25) is 0 Å². The summed E-state index contributed by atoms with van der Waals surface area (Å²) in [5.41, 5.74) is 7.29. The third-order valence-corrected chi connectivity index (χ3v) is 4.73. The van der Waals surface area contributed by atoms with Crippen LogP contribution in [-0.2, 0) is 16.0 Å². The van der Waals surface area contributed by atoms with Crippen LogP contribution in [0.25, 0.3) is 0 Å². The molecular weight excluding hydrogens is 373 g/mol. The first kappa shape index (κ1) is 25.1. The van der Waals surface area contributed by atoms with Crippen LogP contribution in [0, 0.1) is 0 Å². The molecule has 0 aliphatic carbocycles. The van der Waals surface area contributed by atoms with Crippen LogP contribution >= 0.6 is 24.8 Å². The van der Waals surface area contributed by atoms with Gasteiger partial charge in [0, 0.05) is 38.8 Å². The number of ether oxygens (including phenoxy) is 1. The Hall–Kier alpha value is -0.850. The first-order chi connectivity index (χ1) is 11.7. The number of hydrogen-bond donors (Lipinski definition) is 1. The number of carbonyl (C=O) groups is 1. The highest BCUT2D eigenvalue weighted by atomic mass is 35.5. The number of amides is 1. The van der Waals surface area contributed by atoms with Gasteiger partial charge in [0.25, 0.3) is 0 Å². The van der Waals surface area contributed by atoms with Gasteiger partial charge in [0.2, 0.25) is 5.91 Å². The number of rotatable bonds is 8. The molecule has 0 aromatic heterocycles. The monoisotopic (exact) mass is 405 g/mol. The fourth-order valence-corrected chi connectivity index (χ4v) is 3.29. The number of nitrogens with zero attached hydrogens (tertiary/aromatic N) is 2. The Morgan fingerprint density at radius 2 is 1.92 bits per heavy atom. The van der Waals surface area contributed by atoms with Gasteiger partial charge in [-0.25, -0.2) is 0 Å². The lowest BCUT2D eigenvalue weighted by Gasteiger charge is -2.41. The molecule has 2 N–H and O–H groups in total. The third kappa shape index (κ3) is 7.41. The van der Waals surface area contributed by atoms with Crippen LogP contribution < -0.4 is 5.73 Å². The molecule has 1 heterocycles. The standard InChI is InChI=1S/C19H31N3O2.2ClH/c1-3-17-15-22(11-10-21(17)12-13-24-4-2)19(23)18(20)14-16-8-6-5-7-9-16;;/h5-9,17-18H,3-4,10-15,20H2,1-2H3;2*1H. The zero-order valence-electron chi connectivity index (χ0n) is 15.8. The van der Waals surface area contributed by atoms with E-state index in [9.17, 15) is 4.79 Å². The predicted molar refractivity (Wildman–Crippen MR) is 111 cm³/mol. The van der Waals surface area contributed by atoms with E-state index in [1.54, 1.807) is 0 Å². The van der Waals surface area contributed by atoms with Crippen molar-refractivity contribution in [2.75, 3.05) is 39.4 Å². The van der Waals surface area contributed by atoms with Gasteiger partial charge < -0.3 is 15.4 Å². The molecule has 1 aromatic rings. The van der Waals surface area contributed by atoms with E-state index in [2.05, 4.69) is 11.8 Å². The lowest BCUT2D eigenvalue weighted by Crippen LogP contribution is -2.58. The van der Waals surface area contributed by atoms with Crippen LogP contribution in [0.15, 0.2) is 30.3 Å². The van der Waals surface area contributed by atoms with E-state index in [0.29, 0.717) is 12.5 Å². The Morgan fingerprint density at radius 1 is 1.23 bits per heavy atom. The molecule has 0 saturated carbocycles. The molecule has 0 spiro atoms. The quantitative estimate of drug-likeness (QED) is 0.674. The van der Waals surface area contributed by atoms with Crippen molar-refractivity contribution < 1.29 is 9.53 Å². The van der Waals surface area contributed by atoms with Crippen molar-refractivity contribution in [3.63, 3.8) is 0 Å². The third-order valence-electron chi connectivity index (χ3n) is 4.73. The minimum absolute atomic E-state index is 0. The van der Waals surface area contributed by atoms with Gasteiger partial charge >= 0.3 is 0 Å². The molecule has 2 unspecified atom stereocenters. The molecule has 0 radical (unpaired) electrons. The molecule has 1 aromatic carbocycles. The summed E-state index contributed by atoms with van der Waals surface area (Å²) in [6.45, 7) is 9.06. The lowest BCUT2D eigenvalue weighted by atomic mass is 10.0. The predicted octanol–water partition coefficient (Wildman–Crippen LogP) is 2.36. The van der Waals surface area contributed by atoms with Crippen LogP contribution in [0.1, 0.15) is 25.8 Å². The lowest BCUT2D eigenvalue weighted by molar-refractivity contribution is -0.135. The highest BCUT2D eigenvalue weighted by molar-refractivity contribution is 5.85. The Bertz CT molecular complexity index is 505. The number of carbonyl (C=O) groups excluding carboxylic acids is 1. The minimum Gasteiger partial charge on any atom is -0.380 e. The largest absolute Gasteiger partial charge is 0.380 e. The van der Waals surface area contributed by atoms with Crippen molar-refractivity contribution in [1.82, 2.24) is 9.80 Å². The second kappa shape index (κ2) is 13.3. The van der Waals surface area contributed by atoms with Crippen molar-refractivity contribution in [1.29, 1.82) is 0 Å². The number of nitrogens with two attached hydrogens (primary N) is 1. The van der Waals surface area contributed by atoms with Gasteiger partial charge in [-0.2, -0.15) is 0 Å². The number of benzene rings is 1. The summed E-state index contributed by atoms with van der Waals surface area (Å²) < 4.78 is 5.47. The van der Waals surface area contributed by atoms with Gasteiger partial charge in [0.15, 0.2) is 0 Å². The molecule has 1 amide bonds. The van der Waals surface area contributed by atoms with Gasteiger partial charge in [-0.05, 0) is 25.3 Å². The summed E-state index contributed by atoms with van der Waals surface area (Å²) in [6, 6.07) is 9.92. The van der Waals surface area contributed by atoms with Gasteiger partial charge in [-0.15, -0.1) is 24.8 Å². The zero-order valence-corrected chi connectivity index (χ0v) is 17.4. The fourth-order valence-electron chi connectivity index (χ4n) is 3.29. The fraction of sp³-hybridized carbons (Fsp3) is 0.632. The molecule has 2 atom stereocenters. The van der Waals surface area contributed by atoms with Crippen molar-refractivity contribution >= 4 is 30.7 Å². The highest BCUT2D eigenvalue weighted by Crippen LogP contribution is 2.14. The van der Waals surface area contributed by atoms with E-state index in [-0.39, 0.29) is 30.7 Å². The molecule has 7 heteroatoms. The molecule has 1 aliphatic rings. The first-order valence-corrected chi connectivity index (χ1v) is 9.05.